The highest BCUT2D eigenvalue weighted by Gasteiger charge is 2.61. The zero-order chi connectivity index (χ0) is 38.0. The van der Waals surface area contributed by atoms with Crippen molar-refractivity contribution in [3.63, 3.8) is 0 Å². The Labute approximate surface area is 304 Å². The smallest absolute Gasteiger partial charge is 0.408 e. The normalized spacial score (nSPS) is 22.1. The molecule has 1 aliphatic carbocycles. The van der Waals surface area contributed by atoms with Gasteiger partial charge in [-0.2, -0.15) is 0 Å². The van der Waals surface area contributed by atoms with Crippen LogP contribution >= 0.6 is 0 Å². The van der Waals surface area contributed by atoms with Gasteiger partial charge in [0, 0.05) is 29.9 Å². The van der Waals surface area contributed by atoms with Crippen LogP contribution in [0, 0.1) is 11.3 Å². The van der Waals surface area contributed by atoms with E-state index in [0.29, 0.717) is 28.1 Å². The quantitative estimate of drug-likeness (QED) is 0.208. The third-order valence-electron chi connectivity index (χ3n) is 9.19. The van der Waals surface area contributed by atoms with Crippen LogP contribution in [0.3, 0.4) is 0 Å². The van der Waals surface area contributed by atoms with Crippen molar-refractivity contribution in [3.8, 4) is 11.5 Å². The van der Waals surface area contributed by atoms with Gasteiger partial charge in [-0.15, -0.1) is 6.58 Å². The molecule has 2 fully saturated rings. The summed E-state index contributed by atoms with van der Waals surface area (Å²) in [5, 5.41) is 16.2. The van der Waals surface area contributed by atoms with Crippen LogP contribution in [-0.4, -0.2) is 81.8 Å². The minimum atomic E-state index is -1.51. The molecule has 5 atom stereocenters. The summed E-state index contributed by atoms with van der Waals surface area (Å²) in [5.74, 6) is -1.70. The molecule has 12 heteroatoms. The maximum absolute atomic E-state index is 14.5. The second-order valence-corrected chi connectivity index (χ2v) is 15.4. The lowest BCUT2D eigenvalue weighted by molar-refractivity contribution is -0.146. The van der Waals surface area contributed by atoms with Gasteiger partial charge in [0.05, 0.1) is 24.9 Å². The molecule has 0 spiro atoms. The first-order valence-electron chi connectivity index (χ1n) is 17.3. The monoisotopic (exact) mass is 712 g/mol. The van der Waals surface area contributed by atoms with Crippen LogP contribution in [-0.2, 0) is 19.1 Å². The van der Waals surface area contributed by atoms with Crippen molar-refractivity contribution in [2.45, 2.75) is 83.7 Å². The van der Waals surface area contributed by atoms with Gasteiger partial charge in [0.25, 0.3) is 0 Å². The number of ether oxygens (including phenoxy) is 3. The van der Waals surface area contributed by atoms with Crippen LogP contribution in [0.15, 0.2) is 67.3 Å². The van der Waals surface area contributed by atoms with E-state index in [1.165, 1.54) is 11.0 Å². The number of rotatable bonds is 11. The highest BCUT2D eigenvalue weighted by atomic mass is 16.6. The number of carbonyl (C=O) groups is 4. The van der Waals surface area contributed by atoms with Crippen molar-refractivity contribution < 1.29 is 38.5 Å². The standard InChI is InChI=1S/C40H48N4O8/c1-9-25-22-40(25,36(47)48)43-34(45)31-21-28(23-44(31)35(46)33(38(2,3)4)42-37(49)52-39(5,6)7)51-32-19-26(16-15-24-13-11-10-12-14-24)41-30-20-27(50-8)17-18-29(30)32/h9-20,25,28,31,33H,1,21-23H2,2-8H3,(H,42,49)(H,43,45)(H,47,48)/b16-15+/t25-,28+,31-,33+,40?/m0/s1. The van der Waals surface area contributed by atoms with E-state index in [0.717, 1.165) is 5.56 Å². The van der Waals surface area contributed by atoms with E-state index in [-0.39, 0.29) is 19.4 Å². The van der Waals surface area contributed by atoms with Crippen LogP contribution in [0.25, 0.3) is 23.1 Å². The minimum Gasteiger partial charge on any atom is -0.497 e. The number of nitrogens with zero attached hydrogens (tertiary/aromatic N) is 2. The van der Waals surface area contributed by atoms with Gasteiger partial charge >= 0.3 is 12.1 Å². The Bertz CT molecular complexity index is 1880. The number of fused-ring (bicyclic) bond motifs is 1. The molecule has 0 bridgehead atoms. The SMILES string of the molecule is C=C[C@H]1CC1(NC(=O)[C@@H]1C[C@@H](Oc2cc(/C=C/c3ccccc3)nc3cc(OC)ccc23)CN1C(=O)[C@@H](NC(=O)OC(C)(C)C)C(C)(C)C)C(=O)O. The van der Waals surface area contributed by atoms with Crippen molar-refractivity contribution in [2.24, 2.45) is 11.3 Å². The number of carboxylic acids is 1. The van der Waals surface area contributed by atoms with Gasteiger partial charge in [-0.1, -0.05) is 63.3 Å². The van der Waals surface area contributed by atoms with Gasteiger partial charge in [-0.25, -0.2) is 14.6 Å². The number of methoxy groups -OCH3 is 1. The summed E-state index contributed by atoms with van der Waals surface area (Å²) in [4.78, 5) is 59.9. The minimum absolute atomic E-state index is 0.0143. The third-order valence-corrected chi connectivity index (χ3v) is 9.19. The van der Waals surface area contributed by atoms with Gasteiger partial charge in [0.1, 0.15) is 40.8 Å². The second-order valence-electron chi connectivity index (χ2n) is 15.4. The number of alkyl carbamates (subject to hydrolysis) is 1. The molecule has 1 saturated carbocycles. The van der Waals surface area contributed by atoms with E-state index in [1.807, 2.05) is 48.6 Å². The number of carboxylic acid groups (broad SMARTS) is 1. The zero-order valence-corrected chi connectivity index (χ0v) is 30.8. The summed E-state index contributed by atoms with van der Waals surface area (Å²) in [5.41, 5.74) is -0.896. The Morgan fingerprint density at radius 3 is 2.35 bits per heavy atom. The summed E-state index contributed by atoms with van der Waals surface area (Å²) < 4.78 is 17.6. The van der Waals surface area contributed by atoms with E-state index in [2.05, 4.69) is 17.2 Å². The van der Waals surface area contributed by atoms with Crippen LogP contribution in [0.4, 0.5) is 4.79 Å². The summed E-state index contributed by atoms with van der Waals surface area (Å²) >= 11 is 0. The first kappa shape index (κ1) is 37.9. The number of carbonyl (C=O) groups excluding carboxylic acids is 3. The molecule has 12 nitrogen and oxygen atoms in total. The zero-order valence-electron chi connectivity index (χ0n) is 30.8. The molecular formula is C40H48N4O8. The van der Waals surface area contributed by atoms with E-state index < -0.39 is 64.5 Å². The Balaban J connectivity index is 1.49. The highest BCUT2D eigenvalue weighted by Crippen LogP contribution is 2.45. The first-order valence-corrected chi connectivity index (χ1v) is 17.3. The number of benzene rings is 2. The number of pyridine rings is 1. The van der Waals surface area contributed by atoms with Crippen molar-refractivity contribution in [3.05, 3.63) is 78.5 Å². The number of aromatic nitrogens is 1. The molecule has 276 valence electrons. The summed E-state index contributed by atoms with van der Waals surface area (Å²) in [6, 6.07) is 14.8. The first-order chi connectivity index (χ1) is 24.4. The van der Waals surface area contributed by atoms with Crippen LogP contribution < -0.4 is 20.1 Å². The van der Waals surface area contributed by atoms with Gasteiger partial charge in [0.2, 0.25) is 11.8 Å². The van der Waals surface area contributed by atoms with Crippen molar-refractivity contribution in [2.75, 3.05) is 13.7 Å². The molecule has 5 rings (SSSR count). The Hall–Kier alpha value is -5.39. The fourth-order valence-corrected chi connectivity index (χ4v) is 6.36. The van der Waals surface area contributed by atoms with Gasteiger partial charge in [0.15, 0.2) is 0 Å². The molecule has 0 radical (unpaired) electrons. The van der Waals surface area contributed by atoms with E-state index in [1.54, 1.807) is 66.9 Å². The molecule has 2 aliphatic rings. The number of hydrogen-bond acceptors (Lipinski definition) is 8. The molecule has 3 N–H and O–H groups in total. The largest absolute Gasteiger partial charge is 0.497 e. The van der Waals surface area contributed by atoms with Crippen LogP contribution in [0.5, 0.6) is 11.5 Å². The summed E-state index contributed by atoms with van der Waals surface area (Å²) in [7, 11) is 1.57. The van der Waals surface area contributed by atoms with E-state index in [9.17, 15) is 24.3 Å². The molecule has 1 aromatic heterocycles. The lowest BCUT2D eigenvalue weighted by Gasteiger charge is -2.35. The average molecular weight is 713 g/mol. The Morgan fingerprint density at radius 2 is 1.75 bits per heavy atom. The van der Waals surface area contributed by atoms with Crippen molar-refractivity contribution >= 4 is 46.9 Å². The van der Waals surface area contributed by atoms with Gasteiger partial charge in [-0.05, 0) is 56.4 Å². The maximum atomic E-state index is 14.5. The average Bonchev–Trinajstić information content (AvgIpc) is 3.64. The third kappa shape index (κ3) is 8.55. The molecule has 1 saturated heterocycles. The topological polar surface area (TPSA) is 156 Å². The molecular weight excluding hydrogens is 664 g/mol. The lowest BCUT2D eigenvalue weighted by Crippen LogP contribution is -2.59. The molecule has 3 aromatic rings. The number of likely N-dealkylation sites (tertiary alicyclic amines) is 1. The number of amides is 3. The summed E-state index contributed by atoms with van der Waals surface area (Å²) in [6.45, 7) is 14.3. The maximum Gasteiger partial charge on any atom is 0.408 e. The van der Waals surface area contributed by atoms with Gasteiger partial charge in [-0.3, -0.25) is 9.59 Å². The molecule has 2 aromatic carbocycles. The fourth-order valence-electron chi connectivity index (χ4n) is 6.36. The predicted octanol–water partition coefficient (Wildman–Crippen LogP) is 5.85. The van der Waals surface area contributed by atoms with Gasteiger partial charge < -0.3 is 34.9 Å². The summed E-state index contributed by atoms with van der Waals surface area (Å²) in [6.07, 6.45) is 4.10. The number of nitrogens with one attached hydrogen (secondary N) is 2. The molecule has 3 amide bonds. The molecule has 52 heavy (non-hydrogen) atoms. The van der Waals surface area contributed by atoms with Crippen molar-refractivity contribution in [1.29, 1.82) is 0 Å². The number of aliphatic carboxylic acids is 1. The Kier molecular flexibility index (Phi) is 10.7. The highest BCUT2D eigenvalue weighted by molar-refractivity contribution is 5.96. The van der Waals surface area contributed by atoms with Crippen LogP contribution in [0.2, 0.25) is 0 Å². The number of hydrogen-bond donors (Lipinski definition) is 3. The fraction of sp³-hybridized carbons (Fsp3) is 0.425. The predicted molar refractivity (Wildman–Crippen MR) is 198 cm³/mol. The lowest BCUT2D eigenvalue weighted by atomic mass is 9.85. The van der Waals surface area contributed by atoms with Crippen LogP contribution in [0.1, 0.15) is 65.6 Å². The molecule has 1 aliphatic heterocycles. The Morgan fingerprint density at radius 1 is 1.04 bits per heavy atom. The van der Waals surface area contributed by atoms with Crippen molar-refractivity contribution in [1.82, 2.24) is 20.5 Å². The second kappa shape index (κ2) is 14.7. The van der Waals surface area contributed by atoms with E-state index in [4.69, 9.17) is 19.2 Å². The molecule has 2 heterocycles. The van der Waals surface area contributed by atoms with E-state index >= 15 is 0 Å². The molecule has 1 unspecified atom stereocenters.